The second kappa shape index (κ2) is 12.9. The van der Waals surface area contributed by atoms with Gasteiger partial charge in [-0.2, -0.15) is 0 Å². The van der Waals surface area contributed by atoms with Gasteiger partial charge in [-0.3, -0.25) is 0 Å². The van der Waals surface area contributed by atoms with E-state index in [1.165, 1.54) is 89.3 Å². The van der Waals surface area contributed by atoms with Gasteiger partial charge in [-0.05, 0) is 121 Å². The van der Waals surface area contributed by atoms with Gasteiger partial charge in [0.1, 0.15) is 0 Å². The maximum Gasteiger partial charge on any atom is 0.333 e. The molecule has 0 aromatic heterocycles. The second-order valence-corrected chi connectivity index (χ2v) is 19.3. The summed E-state index contributed by atoms with van der Waals surface area (Å²) in [6.45, 7) is 8.94. The van der Waals surface area contributed by atoms with Crippen LogP contribution in [0.25, 0.3) is 33.4 Å². The van der Waals surface area contributed by atoms with E-state index in [4.69, 9.17) is 9.47 Å². The summed E-state index contributed by atoms with van der Waals surface area (Å²) < 4.78 is 13.6. The third kappa shape index (κ3) is 4.82. The number of rotatable bonds is 2. The van der Waals surface area contributed by atoms with E-state index < -0.39 is 5.41 Å². The van der Waals surface area contributed by atoms with Gasteiger partial charge in [0, 0.05) is 39.9 Å². The fraction of sp³-hybridized carbons (Fsp3) is 0.100. The van der Waals surface area contributed by atoms with Crippen molar-refractivity contribution in [2.45, 2.75) is 38.5 Å². The molecule has 4 heterocycles. The van der Waals surface area contributed by atoms with Gasteiger partial charge >= 0.3 is 6.85 Å². The fourth-order valence-corrected chi connectivity index (χ4v) is 12.0. The van der Waals surface area contributed by atoms with Crippen LogP contribution in [0.15, 0.2) is 188 Å². The number of benzene rings is 9. The minimum Gasteiger partial charge on any atom is -0.450 e. The summed E-state index contributed by atoms with van der Waals surface area (Å²) in [4.78, 5) is 5.20. The molecule has 9 aromatic rings. The van der Waals surface area contributed by atoms with Gasteiger partial charge in [0.2, 0.25) is 0 Å². The maximum atomic E-state index is 6.82. The molecule has 0 amide bonds. The Morgan fingerprint density at radius 2 is 1.06 bits per heavy atom. The molecule has 5 aliphatic rings. The van der Waals surface area contributed by atoms with Crippen LogP contribution in [-0.2, 0) is 10.8 Å². The topological polar surface area (TPSA) is 24.9 Å². The van der Waals surface area contributed by atoms with Crippen LogP contribution in [0.1, 0.15) is 54.2 Å². The van der Waals surface area contributed by atoms with E-state index in [2.05, 4.69) is 201 Å². The van der Waals surface area contributed by atoms with Gasteiger partial charge in [0.05, 0.1) is 11.1 Å². The van der Waals surface area contributed by atoms with Crippen molar-refractivity contribution in [1.82, 2.24) is 0 Å². The minimum atomic E-state index is -0.519. The van der Waals surface area contributed by atoms with E-state index >= 15 is 0 Å². The van der Waals surface area contributed by atoms with E-state index in [0.717, 1.165) is 16.8 Å². The highest BCUT2D eigenvalue weighted by atomic mass is 16.6. The summed E-state index contributed by atoms with van der Waals surface area (Å²) in [6, 6.07) is 69.7. The zero-order chi connectivity index (χ0) is 43.3. The van der Waals surface area contributed by atoms with Crippen molar-refractivity contribution in [3.05, 3.63) is 221 Å². The second-order valence-electron chi connectivity index (χ2n) is 19.3. The molecule has 0 radical (unpaired) electrons. The highest BCUT2D eigenvalue weighted by Gasteiger charge is 2.56. The lowest BCUT2D eigenvalue weighted by Gasteiger charge is -2.52. The van der Waals surface area contributed by atoms with Gasteiger partial charge in [0.25, 0.3) is 0 Å². The number of para-hydroxylation sites is 4. The first-order chi connectivity index (χ1) is 31.8. The normalized spacial score (nSPS) is 14.7. The van der Waals surface area contributed by atoms with Crippen molar-refractivity contribution < 1.29 is 9.47 Å². The first-order valence-electron chi connectivity index (χ1n) is 22.8. The quantitative estimate of drug-likeness (QED) is 0.162. The van der Waals surface area contributed by atoms with Gasteiger partial charge in [-0.25, -0.2) is 0 Å². The molecule has 5 heteroatoms. The predicted octanol–water partition coefficient (Wildman–Crippen LogP) is 14.2. The number of hydrogen-bond acceptors (Lipinski definition) is 4. The Hall–Kier alpha value is -7.76. The third-order valence-electron chi connectivity index (χ3n) is 14.7. The van der Waals surface area contributed by atoms with E-state index in [1.807, 2.05) is 24.3 Å². The van der Waals surface area contributed by atoms with Crippen molar-refractivity contribution in [1.29, 1.82) is 0 Å². The molecule has 1 spiro atoms. The van der Waals surface area contributed by atoms with Crippen molar-refractivity contribution in [2.75, 3.05) is 9.71 Å². The van der Waals surface area contributed by atoms with Crippen molar-refractivity contribution >= 4 is 46.2 Å². The smallest absolute Gasteiger partial charge is 0.333 e. The van der Waals surface area contributed by atoms with E-state index in [1.54, 1.807) is 0 Å². The molecule has 1 aliphatic carbocycles. The standard InChI is InChI=1S/C60H43BN2O2/c1-36-31-43-41-21-16-25-47-58(41)63(50-26-13-12-24-46(50)60(47)44-22-10-8-19-39(44)40-20-9-11-23-45(40)60)61-48-34-55-56(65-54-28-15-14-27-53(54)64-55)35-51(48)62(52(32-36)57(43)61)49-30-29-38(59(2,3)4)33-42(49)37-17-6-5-7-18-37/h5-35H,1-4H3. The van der Waals surface area contributed by atoms with Crippen LogP contribution in [0.2, 0.25) is 0 Å². The Morgan fingerprint density at radius 1 is 0.446 bits per heavy atom. The predicted molar refractivity (Wildman–Crippen MR) is 266 cm³/mol. The van der Waals surface area contributed by atoms with Crippen LogP contribution < -0.4 is 30.1 Å². The van der Waals surface area contributed by atoms with Crippen molar-refractivity contribution in [3.63, 3.8) is 0 Å². The molecule has 14 rings (SSSR count). The van der Waals surface area contributed by atoms with E-state index in [-0.39, 0.29) is 12.3 Å². The molecule has 0 saturated carbocycles. The van der Waals surface area contributed by atoms with Crippen LogP contribution in [-0.4, -0.2) is 6.85 Å². The molecule has 308 valence electrons. The number of fused-ring (bicyclic) bond motifs is 15. The maximum absolute atomic E-state index is 6.82. The number of anilines is 5. The fourth-order valence-electron chi connectivity index (χ4n) is 12.0. The largest absolute Gasteiger partial charge is 0.450 e. The molecule has 4 nitrogen and oxygen atoms in total. The van der Waals surface area contributed by atoms with Gasteiger partial charge in [0.15, 0.2) is 23.0 Å². The zero-order valence-electron chi connectivity index (χ0n) is 36.7. The first-order valence-corrected chi connectivity index (χ1v) is 22.8. The summed E-state index contributed by atoms with van der Waals surface area (Å²) in [5.41, 5.74) is 22.9. The minimum absolute atomic E-state index is 0.0477. The van der Waals surface area contributed by atoms with Crippen LogP contribution in [0.4, 0.5) is 28.4 Å². The lowest BCUT2D eigenvalue weighted by atomic mass is 9.42. The summed E-state index contributed by atoms with van der Waals surface area (Å²) in [7, 11) is 0. The lowest BCUT2D eigenvalue weighted by molar-refractivity contribution is 0.360. The molecule has 4 aliphatic heterocycles. The SMILES string of the molecule is Cc1cc2c3c(c1)N(c1ccc(C(C)(C)C)cc1-c1ccccc1)c1cc4c(cc1B3N1c3ccccc3C3(c5ccccc5-c5ccccc53)c3cccc-2c31)Oc1ccccc1O4. The number of hydrogen-bond donors (Lipinski definition) is 0. The van der Waals surface area contributed by atoms with Crippen molar-refractivity contribution in [3.8, 4) is 56.4 Å². The Bertz CT molecular complexity index is 3490. The van der Waals surface area contributed by atoms with Crippen molar-refractivity contribution in [2.24, 2.45) is 0 Å². The Balaban J connectivity index is 1.11. The molecule has 0 bridgehead atoms. The monoisotopic (exact) mass is 834 g/mol. The van der Waals surface area contributed by atoms with Gasteiger partial charge < -0.3 is 19.2 Å². The molecule has 9 aromatic carbocycles. The third-order valence-corrected chi connectivity index (χ3v) is 14.7. The number of aryl methyl sites for hydroxylation is 1. The highest BCUT2D eigenvalue weighted by Crippen LogP contribution is 2.65. The van der Waals surface area contributed by atoms with E-state index in [9.17, 15) is 0 Å². The average molecular weight is 835 g/mol. The Kier molecular flexibility index (Phi) is 7.30. The van der Waals surface area contributed by atoms with Crippen LogP contribution >= 0.6 is 0 Å². The number of nitrogens with zero attached hydrogens (tertiary/aromatic N) is 2. The van der Waals surface area contributed by atoms with Gasteiger partial charge in [-0.1, -0.05) is 160 Å². The lowest BCUT2D eigenvalue weighted by Crippen LogP contribution is -2.63. The molecular formula is C60H43BN2O2. The van der Waals surface area contributed by atoms with E-state index in [0.29, 0.717) is 23.0 Å². The molecule has 0 unspecified atom stereocenters. The summed E-state index contributed by atoms with van der Waals surface area (Å²) in [5.74, 6) is 2.84. The molecular weight excluding hydrogens is 791 g/mol. The molecule has 0 N–H and O–H groups in total. The highest BCUT2D eigenvalue weighted by molar-refractivity contribution is 6.93. The Labute approximate surface area is 380 Å². The molecule has 0 fully saturated rings. The van der Waals surface area contributed by atoms with Crippen LogP contribution in [0.5, 0.6) is 23.0 Å². The van der Waals surface area contributed by atoms with Crippen LogP contribution in [0, 0.1) is 6.92 Å². The Morgan fingerprint density at radius 3 is 1.78 bits per heavy atom. The summed E-state index contributed by atoms with van der Waals surface area (Å²) in [6.07, 6.45) is 0. The summed E-state index contributed by atoms with van der Waals surface area (Å²) in [5, 5.41) is 0. The first kappa shape index (κ1) is 36.7. The van der Waals surface area contributed by atoms with Crippen LogP contribution in [0.3, 0.4) is 0 Å². The summed E-state index contributed by atoms with van der Waals surface area (Å²) >= 11 is 0. The number of ether oxygens (including phenoxy) is 2. The molecule has 0 atom stereocenters. The van der Waals surface area contributed by atoms with Gasteiger partial charge in [-0.15, -0.1) is 0 Å². The average Bonchev–Trinajstić information content (AvgIpc) is 3.62. The molecule has 0 saturated heterocycles. The zero-order valence-corrected chi connectivity index (χ0v) is 36.7. The molecule has 65 heavy (non-hydrogen) atoms.